The fraction of sp³-hybridized carbons (Fsp3) is 0.250. The van der Waals surface area contributed by atoms with E-state index in [4.69, 9.17) is 25.7 Å². The molecule has 0 bridgehead atoms. The van der Waals surface area contributed by atoms with Crippen LogP contribution in [0.25, 0.3) is 11.3 Å². The Morgan fingerprint density at radius 2 is 2.00 bits per heavy atom. The molecule has 3 rings (SSSR count). The predicted octanol–water partition coefficient (Wildman–Crippen LogP) is 4.50. The number of para-hydroxylation sites is 1. The van der Waals surface area contributed by atoms with Crippen LogP contribution < -0.4 is 14.8 Å². The van der Waals surface area contributed by atoms with Crippen LogP contribution in [0.4, 0.5) is 5.82 Å². The molecule has 146 valence electrons. The van der Waals surface area contributed by atoms with E-state index in [0.717, 1.165) is 16.9 Å². The highest BCUT2D eigenvalue weighted by molar-refractivity contribution is 6.32. The lowest BCUT2D eigenvalue weighted by molar-refractivity contribution is -0.122. The van der Waals surface area contributed by atoms with Gasteiger partial charge < -0.3 is 14.8 Å². The molecular weight excluding hydrogens is 382 g/mol. The standard InChI is InChI=1S/C20H20ClN3O4/c1-4-26-16-10-9-14(11-12(16)2)18-19(24-28-23-18)22-20(25)13(3)27-17-8-6-5-7-15(17)21/h5-11,13H,4H2,1-3H3,(H,22,24,25)/t13-/m0/s1. The molecule has 8 heteroatoms. The Morgan fingerprint density at radius 1 is 1.21 bits per heavy atom. The molecule has 1 aromatic heterocycles. The highest BCUT2D eigenvalue weighted by atomic mass is 35.5. The zero-order valence-electron chi connectivity index (χ0n) is 15.7. The third-order valence-corrected chi connectivity index (χ3v) is 4.30. The van der Waals surface area contributed by atoms with Crippen molar-refractivity contribution in [1.29, 1.82) is 0 Å². The SMILES string of the molecule is CCOc1ccc(-c2nonc2NC(=O)[C@H](C)Oc2ccccc2Cl)cc1C. The number of amides is 1. The maximum atomic E-state index is 12.5. The Balaban J connectivity index is 1.74. The summed E-state index contributed by atoms with van der Waals surface area (Å²) in [4.78, 5) is 12.5. The van der Waals surface area contributed by atoms with E-state index in [1.807, 2.05) is 32.0 Å². The van der Waals surface area contributed by atoms with Crippen LogP contribution in [0.5, 0.6) is 11.5 Å². The van der Waals surface area contributed by atoms with Gasteiger partial charge in [0, 0.05) is 5.56 Å². The van der Waals surface area contributed by atoms with E-state index in [2.05, 4.69) is 15.6 Å². The average Bonchev–Trinajstić information content (AvgIpc) is 3.13. The molecule has 3 aromatic rings. The Morgan fingerprint density at radius 3 is 2.71 bits per heavy atom. The number of ether oxygens (including phenoxy) is 2. The van der Waals surface area contributed by atoms with Crippen LogP contribution in [-0.4, -0.2) is 28.9 Å². The van der Waals surface area contributed by atoms with Crippen molar-refractivity contribution in [3.8, 4) is 22.8 Å². The van der Waals surface area contributed by atoms with Crippen molar-refractivity contribution in [3.05, 3.63) is 53.1 Å². The Hall–Kier alpha value is -3.06. The van der Waals surface area contributed by atoms with Crippen molar-refractivity contribution in [1.82, 2.24) is 10.3 Å². The molecule has 0 aliphatic carbocycles. The minimum Gasteiger partial charge on any atom is -0.494 e. The average molecular weight is 402 g/mol. The molecule has 0 radical (unpaired) electrons. The van der Waals surface area contributed by atoms with Crippen LogP contribution in [0.1, 0.15) is 19.4 Å². The van der Waals surface area contributed by atoms with Gasteiger partial charge in [0.2, 0.25) is 5.82 Å². The first-order chi connectivity index (χ1) is 13.5. The third-order valence-electron chi connectivity index (χ3n) is 3.99. The maximum absolute atomic E-state index is 12.5. The van der Waals surface area contributed by atoms with Crippen LogP contribution in [0.3, 0.4) is 0 Å². The lowest BCUT2D eigenvalue weighted by Crippen LogP contribution is -2.30. The van der Waals surface area contributed by atoms with E-state index < -0.39 is 12.0 Å². The second-order valence-electron chi connectivity index (χ2n) is 6.05. The number of anilines is 1. The molecule has 2 aromatic carbocycles. The molecular formula is C20H20ClN3O4. The van der Waals surface area contributed by atoms with Gasteiger partial charge in [-0.15, -0.1) is 0 Å². The van der Waals surface area contributed by atoms with E-state index in [1.54, 1.807) is 31.2 Å². The van der Waals surface area contributed by atoms with Gasteiger partial charge in [-0.1, -0.05) is 23.7 Å². The molecule has 7 nitrogen and oxygen atoms in total. The number of aryl methyl sites for hydroxylation is 1. The summed E-state index contributed by atoms with van der Waals surface area (Å²) in [5, 5.41) is 10.8. The fourth-order valence-electron chi connectivity index (χ4n) is 2.58. The fourth-order valence-corrected chi connectivity index (χ4v) is 2.76. The van der Waals surface area contributed by atoms with Gasteiger partial charge in [0.05, 0.1) is 11.6 Å². The van der Waals surface area contributed by atoms with Crippen molar-refractivity contribution in [2.75, 3.05) is 11.9 Å². The molecule has 28 heavy (non-hydrogen) atoms. The van der Waals surface area contributed by atoms with E-state index in [0.29, 0.717) is 23.1 Å². The number of carbonyl (C=O) groups excluding carboxylic acids is 1. The number of hydrogen-bond donors (Lipinski definition) is 1. The van der Waals surface area contributed by atoms with Gasteiger partial charge in [0.1, 0.15) is 11.5 Å². The third kappa shape index (κ3) is 4.43. The van der Waals surface area contributed by atoms with E-state index in [-0.39, 0.29) is 5.82 Å². The number of halogens is 1. The van der Waals surface area contributed by atoms with Gasteiger partial charge in [0.15, 0.2) is 11.8 Å². The highest BCUT2D eigenvalue weighted by Crippen LogP contribution is 2.29. The maximum Gasteiger partial charge on any atom is 0.266 e. The van der Waals surface area contributed by atoms with Gasteiger partial charge in [-0.05, 0) is 67.0 Å². The second kappa shape index (κ2) is 8.75. The van der Waals surface area contributed by atoms with Crippen molar-refractivity contribution in [2.45, 2.75) is 26.9 Å². The topological polar surface area (TPSA) is 86.5 Å². The molecule has 1 amide bonds. The molecule has 1 heterocycles. The van der Waals surface area contributed by atoms with Crippen molar-refractivity contribution in [2.24, 2.45) is 0 Å². The molecule has 0 unspecified atom stereocenters. The number of rotatable bonds is 7. The van der Waals surface area contributed by atoms with Gasteiger partial charge in [0.25, 0.3) is 5.91 Å². The quantitative estimate of drug-likeness (QED) is 0.627. The van der Waals surface area contributed by atoms with Gasteiger partial charge in [-0.3, -0.25) is 4.79 Å². The van der Waals surface area contributed by atoms with Crippen LogP contribution in [-0.2, 0) is 4.79 Å². The lowest BCUT2D eigenvalue weighted by Gasteiger charge is -2.15. The molecule has 1 N–H and O–H groups in total. The Labute approximate surface area is 167 Å². The van der Waals surface area contributed by atoms with E-state index >= 15 is 0 Å². The number of carbonyl (C=O) groups is 1. The summed E-state index contributed by atoms with van der Waals surface area (Å²) in [6, 6.07) is 12.5. The molecule has 0 saturated carbocycles. The van der Waals surface area contributed by atoms with Crippen molar-refractivity contribution in [3.63, 3.8) is 0 Å². The number of benzene rings is 2. The minimum atomic E-state index is -0.800. The smallest absolute Gasteiger partial charge is 0.266 e. The molecule has 1 atom stereocenters. The molecule has 0 aliphatic rings. The van der Waals surface area contributed by atoms with Gasteiger partial charge >= 0.3 is 0 Å². The number of hydrogen-bond acceptors (Lipinski definition) is 6. The first-order valence-corrected chi connectivity index (χ1v) is 9.15. The summed E-state index contributed by atoms with van der Waals surface area (Å²) in [5.74, 6) is 1.02. The molecule has 0 fully saturated rings. The number of aromatic nitrogens is 2. The van der Waals surface area contributed by atoms with Gasteiger partial charge in [-0.25, -0.2) is 4.63 Å². The van der Waals surface area contributed by atoms with Crippen molar-refractivity contribution >= 4 is 23.3 Å². The monoisotopic (exact) mass is 401 g/mol. The van der Waals surface area contributed by atoms with Crippen LogP contribution >= 0.6 is 11.6 Å². The number of nitrogens with one attached hydrogen (secondary N) is 1. The number of nitrogens with zero attached hydrogens (tertiary/aromatic N) is 2. The normalized spacial score (nSPS) is 11.7. The van der Waals surface area contributed by atoms with E-state index in [1.165, 1.54) is 0 Å². The first-order valence-electron chi connectivity index (χ1n) is 8.78. The Kier molecular flexibility index (Phi) is 6.16. The van der Waals surface area contributed by atoms with Crippen molar-refractivity contribution < 1.29 is 18.9 Å². The summed E-state index contributed by atoms with van der Waals surface area (Å²) in [6.07, 6.45) is -0.800. The molecule has 0 saturated heterocycles. The minimum absolute atomic E-state index is 0.211. The molecule has 0 aliphatic heterocycles. The lowest BCUT2D eigenvalue weighted by atomic mass is 10.1. The largest absolute Gasteiger partial charge is 0.494 e. The first kappa shape index (κ1) is 19.7. The van der Waals surface area contributed by atoms with E-state index in [9.17, 15) is 4.79 Å². The molecule has 0 spiro atoms. The summed E-state index contributed by atoms with van der Waals surface area (Å²) in [7, 11) is 0. The second-order valence-corrected chi connectivity index (χ2v) is 6.46. The van der Waals surface area contributed by atoms with Crippen LogP contribution in [0.2, 0.25) is 5.02 Å². The zero-order valence-corrected chi connectivity index (χ0v) is 16.5. The van der Waals surface area contributed by atoms with Gasteiger partial charge in [-0.2, -0.15) is 0 Å². The summed E-state index contributed by atoms with van der Waals surface area (Å²) in [5.41, 5.74) is 2.11. The Bertz CT molecular complexity index is 974. The zero-order chi connectivity index (χ0) is 20.1. The van der Waals surface area contributed by atoms with Crippen LogP contribution in [0, 0.1) is 6.92 Å². The highest BCUT2D eigenvalue weighted by Gasteiger charge is 2.21. The summed E-state index contributed by atoms with van der Waals surface area (Å²) < 4.78 is 16.0. The van der Waals surface area contributed by atoms with Crippen LogP contribution in [0.15, 0.2) is 47.1 Å². The predicted molar refractivity (Wildman–Crippen MR) is 106 cm³/mol. The summed E-state index contributed by atoms with van der Waals surface area (Å²) >= 11 is 6.07. The summed E-state index contributed by atoms with van der Waals surface area (Å²) in [6.45, 7) is 6.05.